The quantitative estimate of drug-likeness (QED) is 0.335. The smallest absolute Gasteiger partial charge is 0.417 e. The third kappa shape index (κ3) is 5.67. The Labute approximate surface area is 201 Å². The lowest BCUT2D eigenvalue weighted by Gasteiger charge is -2.13. The number of hydrogen-bond donors (Lipinski definition) is 2. The Morgan fingerprint density at radius 2 is 1.80 bits per heavy atom. The zero-order valence-corrected chi connectivity index (χ0v) is 18.7. The maximum absolute atomic E-state index is 13.1. The zero-order chi connectivity index (χ0) is 25.2. The molecule has 7 nitrogen and oxygen atoms in total. The lowest BCUT2D eigenvalue weighted by atomic mass is 10.0. The van der Waals surface area contributed by atoms with E-state index in [0.717, 1.165) is 12.1 Å². The van der Waals surface area contributed by atoms with Crippen molar-refractivity contribution in [3.63, 3.8) is 0 Å². The van der Waals surface area contributed by atoms with E-state index in [4.69, 9.17) is 16.3 Å². The minimum absolute atomic E-state index is 0.0394. The summed E-state index contributed by atoms with van der Waals surface area (Å²) in [5, 5.41) is 5.70. The van der Waals surface area contributed by atoms with Gasteiger partial charge in [0.1, 0.15) is 5.75 Å². The van der Waals surface area contributed by atoms with Gasteiger partial charge < -0.3 is 10.1 Å². The second-order valence-electron chi connectivity index (χ2n) is 7.34. The van der Waals surface area contributed by atoms with Crippen molar-refractivity contribution in [1.82, 2.24) is 9.97 Å². The summed E-state index contributed by atoms with van der Waals surface area (Å²) < 4.78 is 45.1. The third-order valence-electron chi connectivity index (χ3n) is 4.77. The standard InChI is InChI=1S/C24H16ClF3N4O3/c1-13(33)30-23-29-10-9-21(32-23)35-16-6-7-17-14(11-16)3-2-4-18(17)22(34)31-15-5-8-20(25)19(12-15)24(26,27)28/h2-12H,1H3,(H,31,34)(H,29,30,32,33). The highest BCUT2D eigenvalue weighted by Crippen LogP contribution is 2.36. The maximum atomic E-state index is 13.1. The Kier molecular flexibility index (Phi) is 6.57. The second-order valence-corrected chi connectivity index (χ2v) is 7.74. The van der Waals surface area contributed by atoms with Gasteiger partial charge in [-0.1, -0.05) is 23.7 Å². The highest BCUT2D eigenvalue weighted by Gasteiger charge is 2.33. The number of fused-ring (bicyclic) bond motifs is 1. The summed E-state index contributed by atoms with van der Waals surface area (Å²) in [6.45, 7) is 1.33. The predicted octanol–water partition coefficient (Wildman–Crippen LogP) is 6.31. The van der Waals surface area contributed by atoms with Crippen LogP contribution in [0, 0.1) is 0 Å². The number of amides is 2. The van der Waals surface area contributed by atoms with Gasteiger partial charge in [-0.25, -0.2) is 4.98 Å². The summed E-state index contributed by atoms with van der Waals surface area (Å²) in [4.78, 5) is 32.1. The van der Waals surface area contributed by atoms with Crippen molar-refractivity contribution < 1.29 is 27.5 Å². The molecule has 178 valence electrons. The number of benzene rings is 3. The Morgan fingerprint density at radius 1 is 1.00 bits per heavy atom. The summed E-state index contributed by atoms with van der Waals surface area (Å²) in [5.74, 6) is -0.219. The fourth-order valence-corrected chi connectivity index (χ4v) is 3.50. The molecule has 0 saturated carbocycles. The van der Waals surface area contributed by atoms with E-state index in [9.17, 15) is 22.8 Å². The van der Waals surface area contributed by atoms with E-state index in [-0.39, 0.29) is 29.0 Å². The summed E-state index contributed by atoms with van der Waals surface area (Å²) in [6.07, 6.45) is -3.22. The molecule has 0 aliphatic rings. The summed E-state index contributed by atoms with van der Waals surface area (Å²) in [5.41, 5.74) is -0.821. The molecule has 0 aliphatic heterocycles. The predicted molar refractivity (Wildman–Crippen MR) is 125 cm³/mol. The molecule has 0 radical (unpaired) electrons. The van der Waals surface area contributed by atoms with Crippen LogP contribution in [-0.4, -0.2) is 21.8 Å². The molecule has 0 saturated heterocycles. The van der Waals surface area contributed by atoms with Gasteiger partial charge in [0, 0.05) is 30.4 Å². The monoisotopic (exact) mass is 500 g/mol. The van der Waals surface area contributed by atoms with Crippen LogP contribution in [0.5, 0.6) is 11.6 Å². The molecule has 1 aromatic heterocycles. The van der Waals surface area contributed by atoms with Crippen molar-refractivity contribution in [3.05, 3.63) is 83.0 Å². The fourth-order valence-electron chi connectivity index (χ4n) is 3.28. The number of carbonyl (C=O) groups is 2. The number of alkyl halides is 3. The molecule has 11 heteroatoms. The van der Waals surface area contributed by atoms with Crippen LogP contribution in [0.1, 0.15) is 22.8 Å². The van der Waals surface area contributed by atoms with E-state index >= 15 is 0 Å². The minimum Gasteiger partial charge on any atom is -0.439 e. The molecule has 2 amide bonds. The van der Waals surface area contributed by atoms with Crippen molar-refractivity contribution in [1.29, 1.82) is 0 Å². The van der Waals surface area contributed by atoms with E-state index in [1.807, 2.05) is 0 Å². The van der Waals surface area contributed by atoms with Crippen LogP contribution in [0.3, 0.4) is 0 Å². The minimum atomic E-state index is -4.65. The van der Waals surface area contributed by atoms with E-state index in [2.05, 4.69) is 20.6 Å². The molecule has 0 atom stereocenters. The summed E-state index contributed by atoms with van der Waals surface area (Å²) in [7, 11) is 0. The van der Waals surface area contributed by atoms with Gasteiger partial charge in [0.15, 0.2) is 0 Å². The molecule has 0 spiro atoms. The van der Waals surface area contributed by atoms with Gasteiger partial charge in [0.2, 0.25) is 17.7 Å². The van der Waals surface area contributed by atoms with Crippen LogP contribution in [-0.2, 0) is 11.0 Å². The van der Waals surface area contributed by atoms with Gasteiger partial charge in [0.05, 0.1) is 10.6 Å². The van der Waals surface area contributed by atoms with Crippen LogP contribution in [0.25, 0.3) is 10.8 Å². The van der Waals surface area contributed by atoms with Crippen LogP contribution in [0.15, 0.2) is 66.9 Å². The first-order chi connectivity index (χ1) is 16.6. The van der Waals surface area contributed by atoms with Crippen LogP contribution in [0.2, 0.25) is 5.02 Å². The first-order valence-corrected chi connectivity index (χ1v) is 10.5. The van der Waals surface area contributed by atoms with Gasteiger partial charge in [-0.2, -0.15) is 18.2 Å². The average Bonchev–Trinajstić information content (AvgIpc) is 2.79. The molecular weight excluding hydrogens is 485 g/mol. The molecule has 0 fully saturated rings. The van der Waals surface area contributed by atoms with Crippen molar-refractivity contribution in [2.75, 3.05) is 10.6 Å². The lowest BCUT2D eigenvalue weighted by molar-refractivity contribution is -0.137. The first kappa shape index (κ1) is 24.0. The highest BCUT2D eigenvalue weighted by atomic mass is 35.5. The maximum Gasteiger partial charge on any atom is 0.417 e. The molecule has 0 bridgehead atoms. The largest absolute Gasteiger partial charge is 0.439 e. The van der Waals surface area contributed by atoms with E-state index in [1.165, 1.54) is 25.3 Å². The van der Waals surface area contributed by atoms with E-state index < -0.39 is 22.7 Å². The van der Waals surface area contributed by atoms with Crippen LogP contribution >= 0.6 is 11.6 Å². The number of ether oxygens (including phenoxy) is 1. The van der Waals surface area contributed by atoms with Crippen LogP contribution < -0.4 is 15.4 Å². The molecule has 35 heavy (non-hydrogen) atoms. The summed E-state index contributed by atoms with van der Waals surface area (Å²) in [6, 6.07) is 14.6. The highest BCUT2D eigenvalue weighted by molar-refractivity contribution is 6.31. The topological polar surface area (TPSA) is 93.2 Å². The van der Waals surface area contributed by atoms with Crippen molar-refractivity contribution in [2.45, 2.75) is 13.1 Å². The van der Waals surface area contributed by atoms with E-state index in [0.29, 0.717) is 16.5 Å². The molecule has 0 unspecified atom stereocenters. The van der Waals surface area contributed by atoms with Gasteiger partial charge in [-0.05, 0) is 53.2 Å². The number of aromatic nitrogens is 2. The average molecular weight is 501 g/mol. The number of rotatable bonds is 5. The van der Waals surface area contributed by atoms with Gasteiger partial charge in [0.25, 0.3) is 5.91 Å². The van der Waals surface area contributed by atoms with Gasteiger partial charge in [-0.15, -0.1) is 0 Å². The molecular formula is C24H16ClF3N4O3. The van der Waals surface area contributed by atoms with Crippen molar-refractivity contribution in [2.24, 2.45) is 0 Å². The number of carbonyl (C=O) groups excluding carboxylic acids is 2. The fraction of sp³-hybridized carbons (Fsp3) is 0.0833. The number of anilines is 2. The number of nitrogens with zero attached hydrogens (tertiary/aromatic N) is 2. The normalized spacial score (nSPS) is 11.2. The second kappa shape index (κ2) is 9.59. The Balaban J connectivity index is 1.58. The SMILES string of the molecule is CC(=O)Nc1nccc(Oc2ccc3c(C(=O)Nc4ccc(Cl)c(C(F)(F)F)c4)cccc3c2)n1. The summed E-state index contributed by atoms with van der Waals surface area (Å²) >= 11 is 5.65. The third-order valence-corrected chi connectivity index (χ3v) is 5.10. The molecule has 4 rings (SSSR count). The number of halogens is 4. The molecule has 1 heterocycles. The molecule has 3 aromatic carbocycles. The molecule has 2 N–H and O–H groups in total. The van der Waals surface area contributed by atoms with Crippen molar-refractivity contribution in [3.8, 4) is 11.6 Å². The molecule has 4 aromatic rings. The number of nitrogens with one attached hydrogen (secondary N) is 2. The Hall–Kier alpha value is -4.18. The lowest BCUT2D eigenvalue weighted by Crippen LogP contribution is -2.14. The van der Waals surface area contributed by atoms with Crippen LogP contribution in [0.4, 0.5) is 24.8 Å². The first-order valence-electron chi connectivity index (χ1n) is 10.1. The Bertz CT molecular complexity index is 1440. The Morgan fingerprint density at radius 3 is 2.54 bits per heavy atom. The van der Waals surface area contributed by atoms with Gasteiger partial charge >= 0.3 is 6.18 Å². The molecule has 0 aliphatic carbocycles. The van der Waals surface area contributed by atoms with Gasteiger partial charge in [-0.3, -0.25) is 14.9 Å². The van der Waals surface area contributed by atoms with E-state index in [1.54, 1.807) is 36.4 Å². The van der Waals surface area contributed by atoms with Crippen molar-refractivity contribution >= 4 is 45.8 Å². The number of hydrogen-bond acceptors (Lipinski definition) is 5. The zero-order valence-electron chi connectivity index (χ0n) is 18.0.